The summed E-state index contributed by atoms with van der Waals surface area (Å²) in [7, 11) is 0. The quantitative estimate of drug-likeness (QED) is 0.716. The van der Waals surface area contributed by atoms with E-state index < -0.39 is 6.10 Å². The Kier molecular flexibility index (Phi) is 3.89. The second-order valence-corrected chi connectivity index (χ2v) is 3.56. The number of rotatable bonds is 3. The fourth-order valence-electron chi connectivity index (χ4n) is 1.42. The Hall–Kier alpha value is -0.610. The van der Waals surface area contributed by atoms with E-state index >= 15 is 0 Å². The zero-order valence-corrected chi connectivity index (χ0v) is 8.62. The molecule has 0 heterocycles. The Morgan fingerprint density at radius 3 is 2.36 bits per heavy atom. The number of aliphatic hydroxyl groups is 3. The second kappa shape index (κ2) is 4.75. The standard InChI is InChI=1S/C10H13ClO3/c1-6(14)9-3-8(11)2-7(4-12)10(9)5-13/h2-3,6,12-14H,4-5H2,1H3. The fraction of sp³-hybridized carbons (Fsp3) is 0.400. The van der Waals surface area contributed by atoms with Crippen LogP contribution in [0.2, 0.25) is 5.02 Å². The van der Waals surface area contributed by atoms with Crippen molar-refractivity contribution in [2.75, 3.05) is 0 Å². The molecule has 0 bridgehead atoms. The van der Waals surface area contributed by atoms with Crippen molar-refractivity contribution in [1.29, 1.82) is 0 Å². The lowest BCUT2D eigenvalue weighted by Gasteiger charge is -2.14. The van der Waals surface area contributed by atoms with Crippen molar-refractivity contribution >= 4 is 11.6 Å². The molecule has 1 rings (SSSR count). The van der Waals surface area contributed by atoms with Crippen molar-refractivity contribution in [2.24, 2.45) is 0 Å². The van der Waals surface area contributed by atoms with Crippen molar-refractivity contribution in [2.45, 2.75) is 26.2 Å². The molecule has 0 fully saturated rings. The van der Waals surface area contributed by atoms with Crippen molar-refractivity contribution in [1.82, 2.24) is 0 Å². The zero-order valence-electron chi connectivity index (χ0n) is 7.87. The topological polar surface area (TPSA) is 60.7 Å². The molecular weight excluding hydrogens is 204 g/mol. The number of aliphatic hydroxyl groups excluding tert-OH is 3. The molecule has 0 amide bonds. The Balaban J connectivity index is 3.31. The Morgan fingerprint density at radius 1 is 1.29 bits per heavy atom. The fourth-order valence-corrected chi connectivity index (χ4v) is 1.67. The normalized spacial score (nSPS) is 12.9. The smallest absolute Gasteiger partial charge is 0.0766 e. The van der Waals surface area contributed by atoms with Gasteiger partial charge in [-0.05, 0) is 35.7 Å². The van der Waals surface area contributed by atoms with Gasteiger partial charge in [-0.25, -0.2) is 0 Å². The van der Waals surface area contributed by atoms with Gasteiger partial charge in [-0.15, -0.1) is 0 Å². The maximum atomic E-state index is 9.43. The molecule has 1 atom stereocenters. The predicted octanol–water partition coefficient (Wildman–Crippen LogP) is 1.38. The average Bonchev–Trinajstić information content (AvgIpc) is 2.16. The maximum absolute atomic E-state index is 9.43. The summed E-state index contributed by atoms with van der Waals surface area (Å²) >= 11 is 5.80. The summed E-state index contributed by atoms with van der Waals surface area (Å²) in [6.45, 7) is 1.18. The van der Waals surface area contributed by atoms with Crippen molar-refractivity contribution in [3.05, 3.63) is 33.8 Å². The highest BCUT2D eigenvalue weighted by molar-refractivity contribution is 6.30. The number of halogens is 1. The minimum absolute atomic E-state index is 0.198. The lowest BCUT2D eigenvalue weighted by molar-refractivity contribution is 0.192. The van der Waals surface area contributed by atoms with Crippen LogP contribution in [0, 0.1) is 0 Å². The van der Waals surface area contributed by atoms with Crippen molar-refractivity contribution in [3.8, 4) is 0 Å². The highest BCUT2D eigenvalue weighted by Crippen LogP contribution is 2.26. The first-order chi connectivity index (χ1) is 6.60. The minimum atomic E-state index is -0.707. The highest BCUT2D eigenvalue weighted by Gasteiger charge is 2.12. The average molecular weight is 217 g/mol. The van der Waals surface area contributed by atoms with E-state index in [1.54, 1.807) is 19.1 Å². The maximum Gasteiger partial charge on any atom is 0.0766 e. The van der Waals surface area contributed by atoms with E-state index in [1.807, 2.05) is 0 Å². The summed E-state index contributed by atoms with van der Waals surface area (Å²) in [6.07, 6.45) is -0.707. The largest absolute Gasteiger partial charge is 0.392 e. The van der Waals surface area contributed by atoms with Gasteiger partial charge in [0, 0.05) is 5.02 Å². The van der Waals surface area contributed by atoms with Crippen LogP contribution in [-0.4, -0.2) is 15.3 Å². The van der Waals surface area contributed by atoms with E-state index in [0.29, 0.717) is 21.7 Å². The molecule has 0 aliphatic heterocycles. The molecule has 0 radical (unpaired) electrons. The molecule has 3 N–H and O–H groups in total. The Bertz CT molecular complexity index is 323. The van der Waals surface area contributed by atoms with Crippen LogP contribution in [0.4, 0.5) is 0 Å². The summed E-state index contributed by atoms with van der Waals surface area (Å²) < 4.78 is 0. The molecule has 0 aliphatic carbocycles. The minimum Gasteiger partial charge on any atom is -0.392 e. The summed E-state index contributed by atoms with van der Waals surface area (Å²) in [5.74, 6) is 0. The zero-order chi connectivity index (χ0) is 10.7. The van der Waals surface area contributed by atoms with E-state index in [4.69, 9.17) is 21.8 Å². The number of hydrogen-bond acceptors (Lipinski definition) is 3. The molecular formula is C10H13ClO3. The third-order valence-electron chi connectivity index (χ3n) is 2.12. The van der Waals surface area contributed by atoms with E-state index in [-0.39, 0.29) is 13.2 Å². The molecule has 1 aromatic carbocycles. The van der Waals surface area contributed by atoms with Crippen LogP contribution in [0.3, 0.4) is 0 Å². The molecule has 0 spiro atoms. The molecule has 4 heteroatoms. The lowest BCUT2D eigenvalue weighted by atomic mass is 9.98. The van der Waals surface area contributed by atoms with Gasteiger partial charge in [-0.3, -0.25) is 0 Å². The van der Waals surface area contributed by atoms with Crippen molar-refractivity contribution in [3.63, 3.8) is 0 Å². The van der Waals surface area contributed by atoms with Crippen LogP contribution in [0.5, 0.6) is 0 Å². The van der Waals surface area contributed by atoms with Gasteiger partial charge in [-0.1, -0.05) is 11.6 Å². The molecule has 1 unspecified atom stereocenters. The van der Waals surface area contributed by atoms with E-state index in [1.165, 1.54) is 0 Å². The Labute approximate surface area is 87.6 Å². The van der Waals surface area contributed by atoms with Crippen LogP contribution in [0.1, 0.15) is 29.7 Å². The molecule has 0 saturated carbocycles. The summed E-state index contributed by atoms with van der Waals surface area (Å²) in [5, 5.41) is 28.0. The van der Waals surface area contributed by atoms with Gasteiger partial charge in [0.05, 0.1) is 19.3 Å². The third kappa shape index (κ3) is 2.25. The van der Waals surface area contributed by atoms with E-state index in [0.717, 1.165) is 0 Å². The first-order valence-corrected chi connectivity index (χ1v) is 4.69. The predicted molar refractivity (Wildman–Crippen MR) is 53.9 cm³/mol. The van der Waals surface area contributed by atoms with Gasteiger partial charge < -0.3 is 15.3 Å². The van der Waals surface area contributed by atoms with Gasteiger partial charge in [-0.2, -0.15) is 0 Å². The van der Waals surface area contributed by atoms with Crippen LogP contribution in [0.15, 0.2) is 12.1 Å². The monoisotopic (exact) mass is 216 g/mol. The highest BCUT2D eigenvalue weighted by atomic mass is 35.5. The molecule has 0 aliphatic rings. The molecule has 0 aromatic heterocycles. The summed E-state index contributed by atoms with van der Waals surface area (Å²) in [4.78, 5) is 0. The van der Waals surface area contributed by atoms with E-state index in [9.17, 15) is 5.11 Å². The van der Waals surface area contributed by atoms with Gasteiger partial charge in [0.15, 0.2) is 0 Å². The SMILES string of the molecule is CC(O)c1cc(Cl)cc(CO)c1CO. The van der Waals surface area contributed by atoms with Gasteiger partial charge in [0.25, 0.3) is 0 Å². The van der Waals surface area contributed by atoms with Gasteiger partial charge in [0.1, 0.15) is 0 Å². The van der Waals surface area contributed by atoms with Crippen LogP contribution in [-0.2, 0) is 13.2 Å². The van der Waals surface area contributed by atoms with Crippen LogP contribution < -0.4 is 0 Å². The summed E-state index contributed by atoms with van der Waals surface area (Å²) in [5.41, 5.74) is 1.66. The van der Waals surface area contributed by atoms with Gasteiger partial charge in [0.2, 0.25) is 0 Å². The van der Waals surface area contributed by atoms with Gasteiger partial charge >= 0.3 is 0 Å². The number of benzene rings is 1. The summed E-state index contributed by atoms with van der Waals surface area (Å²) in [6, 6.07) is 3.18. The second-order valence-electron chi connectivity index (χ2n) is 3.12. The molecule has 3 nitrogen and oxygen atoms in total. The lowest BCUT2D eigenvalue weighted by Crippen LogP contribution is -2.03. The first-order valence-electron chi connectivity index (χ1n) is 4.31. The van der Waals surface area contributed by atoms with Crippen molar-refractivity contribution < 1.29 is 15.3 Å². The van der Waals surface area contributed by atoms with Crippen LogP contribution >= 0.6 is 11.6 Å². The number of hydrogen-bond donors (Lipinski definition) is 3. The third-order valence-corrected chi connectivity index (χ3v) is 2.34. The molecule has 0 saturated heterocycles. The first kappa shape index (κ1) is 11.5. The van der Waals surface area contributed by atoms with E-state index in [2.05, 4.69) is 0 Å². The Morgan fingerprint density at radius 2 is 1.93 bits per heavy atom. The molecule has 14 heavy (non-hydrogen) atoms. The van der Waals surface area contributed by atoms with Crippen LogP contribution in [0.25, 0.3) is 0 Å². The molecule has 1 aromatic rings. The molecule has 78 valence electrons.